The van der Waals surface area contributed by atoms with Crippen molar-refractivity contribution in [1.29, 1.82) is 0 Å². The van der Waals surface area contributed by atoms with Crippen LogP contribution in [0.2, 0.25) is 0 Å². The first kappa shape index (κ1) is 13.2. The summed E-state index contributed by atoms with van der Waals surface area (Å²) in [4.78, 5) is 13.5. The van der Waals surface area contributed by atoms with Gasteiger partial charge in [0.15, 0.2) is 0 Å². The Hall–Kier alpha value is -0.830. The highest BCUT2D eigenvalue weighted by molar-refractivity contribution is 5.85. The normalized spacial score (nSPS) is 20.9. The Kier molecular flexibility index (Phi) is 4.54. The van der Waals surface area contributed by atoms with E-state index in [1.54, 1.807) is 19.0 Å². The van der Waals surface area contributed by atoms with Gasteiger partial charge in [-0.2, -0.15) is 0 Å². The second-order valence-electron chi connectivity index (χ2n) is 5.36. The molecule has 92 valence electrons. The van der Waals surface area contributed by atoms with E-state index in [9.17, 15) is 4.79 Å². The smallest absolute Gasteiger partial charge is 0.241 e. The number of hydrogen-bond acceptors (Lipinski definition) is 2. The first-order valence-electron chi connectivity index (χ1n) is 6.05. The van der Waals surface area contributed by atoms with Crippen LogP contribution < -0.4 is 5.32 Å². The van der Waals surface area contributed by atoms with Crippen LogP contribution in [0.1, 0.15) is 33.1 Å². The Morgan fingerprint density at radius 2 is 2.12 bits per heavy atom. The van der Waals surface area contributed by atoms with Crippen molar-refractivity contribution in [3.63, 3.8) is 0 Å². The van der Waals surface area contributed by atoms with Crippen LogP contribution >= 0.6 is 0 Å². The van der Waals surface area contributed by atoms with E-state index in [1.807, 2.05) is 13.8 Å². The zero-order valence-corrected chi connectivity index (χ0v) is 10.9. The van der Waals surface area contributed by atoms with Crippen LogP contribution in [-0.2, 0) is 4.79 Å². The molecular formula is C13H24N2O. The molecule has 0 aromatic rings. The number of carbonyl (C=O) groups is 1. The van der Waals surface area contributed by atoms with E-state index in [4.69, 9.17) is 0 Å². The van der Waals surface area contributed by atoms with Crippen LogP contribution in [0.3, 0.4) is 0 Å². The van der Waals surface area contributed by atoms with Crippen LogP contribution in [0.5, 0.6) is 0 Å². The number of nitrogens with zero attached hydrogens (tertiary/aromatic N) is 1. The minimum atomic E-state index is -0.454. The third-order valence-electron chi connectivity index (χ3n) is 3.15. The maximum absolute atomic E-state index is 11.9. The van der Waals surface area contributed by atoms with Gasteiger partial charge in [-0.3, -0.25) is 4.79 Å². The van der Waals surface area contributed by atoms with Gasteiger partial charge in [-0.15, -0.1) is 0 Å². The highest BCUT2D eigenvalue weighted by atomic mass is 16.2. The summed E-state index contributed by atoms with van der Waals surface area (Å²) in [5, 5.41) is 3.38. The average molecular weight is 224 g/mol. The summed E-state index contributed by atoms with van der Waals surface area (Å²) in [6, 6.07) is 0. The Labute approximate surface area is 98.9 Å². The molecule has 0 heterocycles. The molecule has 0 saturated carbocycles. The molecule has 0 aliphatic heterocycles. The van der Waals surface area contributed by atoms with Gasteiger partial charge in [0, 0.05) is 14.1 Å². The lowest BCUT2D eigenvalue weighted by Crippen LogP contribution is -2.53. The predicted octanol–water partition coefficient (Wildman–Crippen LogP) is 1.80. The Bertz CT molecular complexity index is 269. The van der Waals surface area contributed by atoms with Crippen LogP contribution in [0.15, 0.2) is 12.2 Å². The van der Waals surface area contributed by atoms with Gasteiger partial charge >= 0.3 is 0 Å². The summed E-state index contributed by atoms with van der Waals surface area (Å²) in [5.74, 6) is 0.818. The second-order valence-corrected chi connectivity index (χ2v) is 5.36. The monoisotopic (exact) mass is 224 g/mol. The maximum Gasteiger partial charge on any atom is 0.241 e. The van der Waals surface area contributed by atoms with Crippen molar-refractivity contribution in [1.82, 2.24) is 10.2 Å². The van der Waals surface area contributed by atoms with Gasteiger partial charge in [-0.05, 0) is 45.6 Å². The molecule has 0 fully saturated rings. The van der Waals surface area contributed by atoms with Gasteiger partial charge in [-0.1, -0.05) is 12.2 Å². The average Bonchev–Trinajstić information content (AvgIpc) is 2.27. The van der Waals surface area contributed by atoms with E-state index in [0.717, 1.165) is 13.0 Å². The molecule has 0 radical (unpaired) electrons. The number of allylic oxidation sites excluding steroid dienone is 2. The van der Waals surface area contributed by atoms with E-state index >= 15 is 0 Å². The van der Waals surface area contributed by atoms with Gasteiger partial charge in [0.2, 0.25) is 5.91 Å². The molecule has 0 saturated heterocycles. The third kappa shape index (κ3) is 3.63. The van der Waals surface area contributed by atoms with E-state index in [-0.39, 0.29) is 5.91 Å². The molecular weight excluding hydrogens is 200 g/mol. The SMILES string of the molecule is CN(C)C(=O)C(C)(C)NC[C@H]1CC=CCC1. The van der Waals surface area contributed by atoms with Crippen molar-refractivity contribution in [3.8, 4) is 0 Å². The number of nitrogens with one attached hydrogen (secondary N) is 1. The van der Waals surface area contributed by atoms with Crippen LogP contribution in [0, 0.1) is 5.92 Å². The molecule has 1 aliphatic rings. The number of likely N-dealkylation sites (N-methyl/N-ethyl adjacent to an activating group) is 1. The molecule has 0 bridgehead atoms. The molecule has 1 atom stereocenters. The zero-order chi connectivity index (χ0) is 12.2. The van der Waals surface area contributed by atoms with Crippen molar-refractivity contribution in [2.24, 2.45) is 5.92 Å². The van der Waals surface area contributed by atoms with Crippen LogP contribution in [0.25, 0.3) is 0 Å². The minimum absolute atomic E-state index is 0.138. The summed E-state index contributed by atoms with van der Waals surface area (Å²) >= 11 is 0. The van der Waals surface area contributed by atoms with E-state index in [2.05, 4.69) is 17.5 Å². The Morgan fingerprint density at radius 1 is 1.44 bits per heavy atom. The molecule has 1 amide bonds. The minimum Gasteiger partial charge on any atom is -0.347 e. The van der Waals surface area contributed by atoms with E-state index in [1.165, 1.54) is 12.8 Å². The number of hydrogen-bond donors (Lipinski definition) is 1. The summed E-state index contributed by atoms with van der Waals surface area (Å²) in [6.45, 7) is 4.83. The number of amides is 1. The molecule has 0 aromatic heterocycles. The van der Waals surface area contributed by atoms with Crippen molar-refractivity contribution in [2.75, 3.05) is 20.6 Å². The zero-order valence-electron chi connectivity index (χ0n) is 10.9. The topological polar surface area (TPSA) is 32.3 Å². The van der Waals surface area contributed by atoms with Gasteiger partial charge < -0.3 is 10.2 Å². The quantitative estimate of drug-likeness (QED) is 0.739. The Balaban J connectivity index is 2.40. The first-order chi connectivity index (χ1) is 7.43. The van der Waals surface area contributed by atoms with Crippen molar-refractivity contribution < 1.29 is 4.79 Å². The standard InChI is InChI=1S/C13H24N2O/c1-13(2,12(16)15(3)4)14-10-11-8-6-5-7-9-11/h5-6,11,14H,7-10H2,1-4H3/t11-/m0/s1. The molecule has 0 spiro atoms. The van der Waals surface area contributed by atoms with Crippen LogP contribution in [-0.4, -0.2) is 37.0 Å². The lowest BCUT2D eigenvalue weighted by atomic mass is 9.93. The Morgan fingerprint density at radius 3 is 2.62 bits per heavy atom. The summed E-state index contributed by atoms with van der Waals surface area (Å²) < 4.78 is 0. The fourth-order valence-corrected chi connectivity index (χ4v) is 2.08. The summed E-state index contributed by atoms with van der Waals surface area (Å²) in [5.41, 5.74) is -0.454. The molecule has 3 heteroatoms. The fourth-order valence-electron chi connectivity index (χ4n) is 2.08. The molecule has 1 rings (SSSR count). The van der Waals surface area contributed by atoms with E-state index < -0.39 is 5.54 Å². The highest BCUT2D eigenvalue weighted by Gasteiger charge is 2.29. The lowest BCUT2D eigenvalue weighted by molar-refractivity contribution is -0.134. The van der Waals surface area contributed by atoms with Crippen molar-refractivity contribution >= 4 is 5.91 Å². The van der Waals surface area contributed by atoms with Gasteiger partial charge in [0.25, 0.3) is 0 Å². The largest absolute Gasteiger partial charge is 0.347 e. The number of rotatable bonds is 4. The molecule has 16 heavy (non-hydrogen) atoms. The number of carbonyl (C=O) groups excluding carboxylic acids is 1. The third-order valence-corrected chi connectivity index (χ3v) is 3.15. The lowest BCUT2D eigenvalue weighted by Gasteiger charge is -2.30. The van der Waals surface area contributed by atoms with Gasteiger partial charge in [0.05, 0.1) is 5.54 Å². The first-order valence-corrected chi connectivity index (χ1v) is 6.05. The maximum atomic E-state index is 11.9. The van der Waals surface area contributed by atoms with Crippen molar-refractivity contribution in [3.05, 3.63) is 12.2 Å². The molecule has 1 N–H and O–H groups in total. The van der Waals surface area contributed by atoms with E-state index in [0.29, 0.717) is 5.92 Å². The van der Waals surface area contributed by atoms with Crippen LogP contribution in [0.4, 0.5) is 0 Å². The predicted molar refractivity (Wildman–Crippen MR) is 67.3 cm³/mol. The molecule has 0 aromatic carbocycles. The highest BCUT2D eigenvalue weighted by Crippen LogP contribution is 2.18. The molecule has 1 aliphatic carbocycles. The van der Waals surface area contributed by atoms with Gasteiger partial charge in [0.1, 0.15) is 0 Å². The fraction of sp³-hybridized carbons (Fsp3) is 0.769. The second kappa shape index (κ2) is 5.48. The van der Waals surface area contributed by atoms with Crippen molar-refractivity contribution in [2.45, 2.75) is 38.6 Å². The van der Waals surface area contributed by atoms with Gasteiger partial charge in [-0.25, -0.2) is 0 Å². The molecule has 0 unspecified atom stereocenters. The summed E-state index contributed by atoms with van der Waals surface area (Å²) in [7, 11) is 3.60. The molecule has 3 nitrogen and oxygen atoms in total. The summed E-state index contributed by atoms with van der Waals surface area (Å²) in [6.07, 6.45) is 8.03.